The van der Waals surface area contributed by atoms with Gasteiger partial charge in [0.05, 0.1) is 0 Å². The fourth-order valence-corrected chi connectivity index (χ4v) is 0.707. The van der Waals surface area contributed by atoms with Gasteiger partial charge in [0.25, 0.3) is 5.97 Å². The summed E-state index contributed by atoms with van der Waals surface area (Å²) in [4.78, 5) is 46.5. The Bertz CT molecular complexity index is 580. The molecule has 0 aromatic rings. The standard InChI is InChI=1S/2C5H12.2C4H9O.C4H10.C3H6F2.2C3H6O.C3H6S.C3H8.C2H4O2.2C2H4O.2C2H4.2K/c2*1-3-5-4-2;2*1-4(2,3)5;1-3-4-2;1-3(2,4)5;3*1-3(2)4;1-3-2;1-2(3)4;2*1-2-3;2*1-2;;/h2*3-5H2,1-2H3;2*1-3H3;3-4H2,1-2H3;1-2H3;3*1-2H3;3H2,1-2H3;1H3,(H,3,4);2*2H,1H3;2*1-2H2;;/q;;2*-1;;;;;;;;;;;;2*+1. The molecular weight excluding hydrogens is 841 g/mol. The van der Waals surface area contributed by atoms with Gasteiger partial charge in [0.2, 0.25) is 5.92 Å². The van der Waals surface area contributed by atoms with Gasteiger partial charge in [0, 0.05) is 6.92 Å². The van der Waals surface area contributed by atoms with Gasteiger partial charge < -0.3 is 34.5 Å². The molecule has 0 saturated carbocycles. The van der Waals surface area contributed by atoms with Crippen LogP contribution < -0.4 is 113 Å². The van der Waals surface area contributed by atoms with E-state index >= 15 is 0 Å². The Morgan fingerprint density at radius 3 is 0.583 bits per heavy atom. The maximum Gasteiger partial charge on any atom is 1.00 e. The normalized spacial score (nSPS) is 7.48. The topological polar surface area (TPSA) is 152 Å². The molecule has 0 heterocycles. The van der Waals surface area contributed by atoms with Crippen LogP contribution in [0.5, 0.6) is 0 Å². The van der Waals surface area contributed by atoms with Crippen LogP contribution >= 0.6 is 12.2 Å². The molecule has 60 heavy (non-hydrogen) atoms. The first-order chi connectivity index (χ1) is 25.9. The number of carbonyl (C=O) groups is 5. The van der Waals surface area contributed by atoms with Gasteiger partial charge in [-0.25, -0.2) is 8.78 Å². The van der Waals surface area contributed by atoms with Gasteiger partial charge in [0.1, 0.15) is 24.1 Å². The first kappa shape index (κ1) is 113. The van der Waals surface area contributed by atoms with E-state index in [1.54, 1.807) is 41.5 Å². The molecule has 0 rings (SSSR count). The number of hydrogen-bond acceptors (Lipinski definition) is 8. The van der Waals surface area contributed by atoms with Crippen LogP contribution in [0.3, 0.4) is 0 Å². The van der Waals surface area contributed by atoms with Crippen LogP contribution in [0.1, 0.15) is 231 Å². The van der Waals surface area contributed by atoms with Gasteiger partial charge in [-0.3, -0.25) is 4.79 Å². The number of hydrogen-bond donors (Lipinski definition) is 1. The Kier molecular flexibility index (Phi) is 223. The van der Waals surface area contributed by atoms with Crippen molar-refractivity contribution in [2.75, 3.05) is 0 Å². The maximum absolute atomic E-state index is 11.0. The molecule has 8 nitrogen and oxygen atoms in total. The molecule has 0 bridgehead atoms. The second kappa shape index (κ2) is 118. The third-order valence-electron chi connectivity index (χ3n) is 1.91. The average molecular weight is 946 g/mol. The number of aliphatic carboxylic acids is 1. The largest absolute Gasteiger partial charge is 1.00 e. The Hall–Kier alpha value is 0.773. The quantitative estimate of drug-likeness (QED) is 0.124. The van der Waals surface area contributed by atoms with Crippen molar-refractivity contribution in [2.45, 2.75) is 248 Å². The van der Waals surface area contributed by atoms with Crippen LogP contribution in [0, 0.1) is 0 Å². The Balaban J connectivity index is -0.0000000221. The minimum absolute atomic E-state index is 0. The summed E-state index contributed by atoms with van der Waals surface area (Å²) in [7, 11) is 0. The van der Waals surface area contributed by atoms with Gasteiger partial charge in [-0.05, 0) is 74.1 Å². The molecule has 0 unspecified atom stereocenters. The number of alkyl halides is 2. The van der Waals surface area contributed by atoms with E-state index in [1.165, 1.54) is 99.3 Å². The van der Waals surface area contributed by atoms with E-state index in [2.05, 4.69) is 93.9 Å². The van der Waals surface area contributed by atoms with E-state index in [0.717, 1.165) is 38.2 Å². The Morgan fingerprint density at radius 1 is 0.533 bits per heavy atom. The first-order valence-electron chi connectivity index (χ1n) is 20.1. The van der Waals surface area contributed by atoms with Crippen molar-refractivity contribution >= 4 is 47.2 Å². The Morgan fingerprint density at radius 2 is 0.583 bits per heavy atom. The van der Waals surface area contributed by atoms with Crippen LogP contribution in [-0.4, -0.2) is 57.2 Å². The van der Waals surface area contributed by atoms with Crippen molar-refractivity contribution in [3.05, 3.63) is 26.3 Å². The van der Waals surface area contributed by atoms with Crippen molar-refractivity contribution in [2.24, 2.45) is 0 Å². The summed E-state index contributed by atoms with van der Waals surface area (Å²) in [5.74, 6) is -3.00. The number of thiocarbonyl (C=S) groups is 1. The van der Waals surface area contributed by atoms with Crippen molar-refractivity contribution < 1.29 is 151 Å². The monoisotopic (exact) mass is 945 g/mol. The summed E-state index contributed by atoms with van der Waals surface area (Å²) in [6.45, 7) is 54.8. The molecule has 0 aliphatic heterocycles. The van der Waals surface area contributed by atoms with E-state index in [0.29, 0.717) is 0 Å². The third kappa shape index (κ3) is 5890. The minimum atomic E-state index is -2.50. The average Bonchev–Trinajstić information content (AvgIpc) is 2.98. The number of unbranched alkanes of at least 4 members (excludes halogenated alkanes) is 5. The molecule has 1 N–H and O–H groups in total. The molecule has 0 amide bonds. The molecule has 362 valence electrons. The van der Waals surface area contributed by atoms with Crippen molar-refractivity contribution in [3.63, 3.8) is 0 Å². The molecule has 0 fully saturated rings. The molecule has 0 aliphatic rings. The van der Waals surface area contributed by atoms with Crippen molar-refractivity contribution in [1.82, 2.24) is 0 Å². The summed E-state index contributed by atoms with van der Waals surface area (Å²) < 4.78 is 22.0. The maximum atomic E-state index is 11.0. The zero-order chi connectivity index (χ0) is 51.6. The zero-order valence-electron chi connectivity index (χ0n) is 45.3. The molecule has 0 saturated heterocycles. The number of carboxylic acid groups (broad SMARTS) is 1. The first-order valence-corrected chi connectivity index (χ1v) is 20.5. The predicted octanol–water partition coefficient (Wildman–Crippen LogP) is 8.27. The summed E-state index contributed by atoms with van der Waals surface area (Å²) in [5, 5.41) is 27.6. The van der Waals surface area contributed by atoms with Gasteiger partial charge in [-0.2, -0.15) is 0 Å². The minimum Gasteiger partial charge on any atom is -0.850 e. The number of carboxylic acids is 1. The second-order valence-electron chi connectivity index (χ2n) is 13.7. The fourth-order valence-electron chi connectivity index (χ4n) is 0.707. The van der Waals surface area contributed by atoms with E-state index in [9.17, 15) is 28.6 Å². The van der Waals surface area contributed by atoms with E-state index in [4.69, 9.17) is 19.5 Å². The van der Waals surface area contributed by atoms with E-state index in [1.807, 2.05) is 13.8 Å². The molecule has 0 radical (unpaired) electrons. The summed E-state index contributed by atoms with van der Waals surface area (Å²) in [6.07, 6.45) is 13.5. The number of aldehydes is 2. The van der Waals surface area contributed by atoms with Gasteiger partial charge in [-0.1, -0.05) is 167 Å². The molecule has 0 aliphatic carbocycles. The van der Waals surface area contributed by atoms with Crippen LogP contribution in [0.2, 0.25) is 0 Å². The number of rotatable bonds is 5. The SMILES string of the molecule is C=C.C=C.CC(=O)O.CC(C)(C)[O-].CC(C)(C)[O-].CC(C)(F)F.CC(C)=O.CC(C)=O.CC(C)=S.CC=O.CC=O.CCC.CCCC.CCCCC.CCCCC.[K+].[K+]. The molecular formula is C47H104F2K2O8S. The zero-order valence-corrected chi connectivity index (χ0v) is 52.4. The van der Waals surface area contributed by atoms with Crippen LogP contribution in [0.25, 0.3) is 0 Å². The van der Waals surface area contributed by atoms with E-state index in [-0.39, 0.29) is 114 Å². The van der Waals surface area contributed by atoms with Gasteiger partial charge in [0.15, 0.2) is 0 Å². The van der Waals surface area contributed by atoms with E-state index < -0.39 is 23.1 Å². The molecule has 13 heteroatoms. The summed E-state index contributed by atoms with van der Waals surface area (Å²) in [5.41, 5.74) is -1.50. The second-order valence-corrected chi connectivity index (χ2v) is 14.5. The van der Waals surface area contributed by atoms with Crippen molar-refractivity contribution in [1.29, 1.82) is 0 Å². The summed E-state index contributed by atoms with van der Waals surface area (Å²) >= 11 is 4.54. The number of ketones is 2. The van der Waals surface area contributed by atoms with Gasteiger partial charge >= 0.3 is 103 Å². The molecule has 0 aromatic heterocycles. The van der Waals surface area contributed by atoms with Crippen LogP contribution in [0.15, 0.2) is 26.3 Å². The molecule has 0 aromatic carbocycles. The number of carbonyl (C=O) groups excluding carboxylic acids is 4. The third-order valence-corrected chi connectivity index (χ3v) is 1.91. The van der Waals surface area contributed by atoms with Crippen LogP contribution in [-0.2, 0) is 24.0 Å². The fraction of sp³-hybridized carbons (Fsp3) is 0.787. The Labute approximate surface area is 466 Å². The predicted molar refractivity (Wildman–Crippen MR) is 259 cm³/mol. The van der Waals surface area contributed by atoms with Gasteiger partial charge in [-0.15, -0.1) is 37.5 Å². The number of halogens is 2. The molecule has 0 atom stereocenters. The summed E-state index contributed by atoms with van der Waals surface area (Å²) in [6, 6.07) is 0. The van der Waals surface area contributed by atoms with Crippen LogP contribution in [0.4, 0.5) is 8.78 Å². The smallest absolute Gasteiger partial charge is 0.850 e. The number of Topliss-reactive ketones (excluding diaryl/α,β-unsaturated/α-hetero) is 2. The molecule has 0 spiro atoms. The van der Waals surface area contributed by atoms with Crippen molar-refractivity contribution in [3.8, 4) is 0 Å².